The molecule has 3 heteroatoms. The molecular formula is C33H33FNO+. The van der Waals surface area contributed by atoms with Gasteiger partial charge in [0.05, 0.1) is 10.9 Å². The summed E-state index contributed by atoms with van der Waals surface area (Å²) in [5, 5.41) is 6.58. The average Bonchev–Trinajstić information content (AvgIpc) is 2.82. The molecule has 0 radical (unpaired) electrons. The third-order valence-electron chi connectivity index (χ3n) is 7.56. The van der Waals surface area contributed by atoms with Gasteiger partial charge in [-0.25, -0.2) is 8.96 Å². The molecule has 0 saturated carbocycles. The molecule has 6 rings (SSSR count). The van der Waals surface area contributed by atoms with E-state index in [9.17, 15) is 4.39 Å². The second-order valence-electron chi connectivity index (χ2n) is 11.3. The Balaban J connectivity index is 1.76. The van der Waals surface area contributed by atoms with Crippen molar-refractivity contribution < 1.29 is 13.7 Å². The molecule has 1 aromatic heterocycles. The number of hydrogen-bond acceptors (Lipinski definition) is 1. The Bertz CT molecular complexity index is 1700. The molecule has 1 aliphatic heterocycles. The maximum atomic E-state index is 14.3. The van der Waals surface area contributed by atoms with Gasteiger partial charge >= 0.3 is 0 Å². The number of ether oxygens (including phenoxy) is 1. The maximum Gasteiger partial charge on any atom is 0.228 e. The molecule has 0 atom stereocenters. The van der Waals surface area contributed by atoms with Crippen LogP contribution in [0.3, 0.4) is 0 Å². The Morgan fingerprint density at radius 3 is 2.36 bits per heavy atom. The first-order chi connectivity index (χ1) is 17.2. The van der Waals surface area contributed by atoms with Crippen molar-refractivity contribution in [3.8, 4) is 22.8 Å². The minimum Gasteiger partial charge on any atom is -0.455 e. The second kappa shape index (κ2) is 8.30. The van der Waals surface area contributed by atoms with E-state index < -0.39 is 0 Å². The fraction of sp³-hybridized carbons (Fsp3) is 0.303. The lowest BCUT2D eigenvalue weighted by Crippen LogP contribution is -2.32. The molecule has 0 bridgehead atoms. The number of pyridine rings is 1. The van der Waals surface area contributed by atoms with Crippen LogP contribution in [0.4, 0.5) is 4.39 Å². The van der Waals surface area contributed by atoms with Crippen molar-refractivity contribution in [2.24, 2.45) is 18.9 Å². The van der Waals surface area contributed by atoms with Crippen molar-refractivity contribution in [2.45, 2.75) is 47.5 Å². The average molecular weight is 479 g/mol. The molecule has 0 N–H and O–H groups in total. The Kier molecular flexibility index (Phi) is 5.29. The van der Waals surface area contributed by atoms with Crippen LogP contribution in [0.25, 0.3) is 43.6 Å². The molecule has 2 heterocycles. The fourth-order valence-electron chi connectivity index (χ4n) is 6.06. The molecular weight excluding hydrogens is 445 g/mol. The number of halogens is 1. The molecule has 1 aliphatic rings. The zero-order valence-corrected chi connectivity index (χ0v) is 22.0. The van der Waals surface area contributed by atoms with Gasteiger partial charge in [0, 0.05) is 17.0 Å². The fourth-order valence-corrected chi connectivity index (χ4v) is 6.06. The SMILES string of the molecule is Cc1c2c(c(CC(C)C)c3ccc(CC(C)C)cc13)Oc1cc3ccc(F)cc3c3cc[n+](C)c-2c13. The molecule has 0 spiro atoms. The van der Waals surface area contributed by atoms with Crippen molar-refractivity contribution in [3.63, 3.8) is 0 Å². The molecule has 2 nitrogen and oxygen atoms in total. The van der Waals surface area contributed by atoms with E-state index in [1.807, 2.05) is 6.07 Å². The van der Waals surface area contributed by atoms with Gasteiger partial charge in [-0.3, -0.25) is 0 Å². The third kappa shape index (κ3) is 3.48. The predicted molar refractivity (Wildman–Crippen MR) is 147 cm³/mol. The topological polar surface area (TPSA) is 13.1 Å². The Morgan fingerprint density at radius 2 is 1.61 bits per heavy atom. The highest BCUT2D eigenvalue weighted by atomic mass is 19.1. The first kappa shape index (κ1) is 23.0. The number of benzene rings is 4. The first-order valence-electron chi connectivity index (χ1n) is 13.0. The summed E-state index contributed by atoms with van der Waals surface area (Å²) < 4.78 is 23.3. The van der Waals surface area contributed by atoms with E-state index in [0.717, 1.165) is 57.1 Å². The van der Waals surface area contributed by atoms with E-state index >= 15 is 0 Å². The van der Waals surface area contributed by atoms with Gasteiger partial charge < -0.3 is 4.74 Å². The molecule has 182 valence electrons. The maximum absolute atomic E-state index is 14.3. The number of hydrogen-bond donors (Lipinski definition) is 0. The summed E-state index contributed by atoms with van der Waals surface area (Å²) in [5.74, 6) is 2.70. The summed E-state index contributed by atoms with van der Waals surface area (Å²) in [4.78, 5) is 0. The van der Waals surface area contributed by atoms with Gasteiger partial charge in [-0.2, -0.15) is 0 Å². The second-order valence-corrected chi connectivity index (χ2v) is 11.3. The number of rotatable bonds is 4. The van der Waals surface area contributed by atoms with Gasteiger partial charge in [-0.15, -0.1) is 0 Å². The summed E-state index contributed by atoms with van der Waals surface area (Å²) in [7, 11) is 2.10. The Hall–Kier alpha value is -3.46. The highest BCUT2D eigenvalue weighted by Gasteiger charge is 2.33. The van der Waals surface area contributed by atoms with Crippen LogP contribution < -0.4 is 9.30 Å². The van der Waals surface area contributed by atoms with Crippen LogP contribution in [0.5, 0.6) is 11.5 Å². The normalized spacial score (nSPS) is 12.7. The third-order valence-corrected chi connectivity index (χ3v) is 7.56. The Morgan fingerprint density at radius 1 is 0.833 bits per heavy atom. The molecule has 0 aliphatic carbocycles. The Labute approximate surface area is 212 Å². The van der Waals surface area contributed by atoms with E-state index in [-0.39, 0.29) is 5.82 Å². The predicted octanol–water partition coefficient (Wildman–Crippen LogP) is 8.59. The molecule has 0 unspecified atom stereocenters. The largest absolute Gasteiger partial charge is 0.455 e. The van der Waals surface area contributed by atoms with E-state index in [4.69, 9.17) is 4.74 Å². The molecule has 4 aromatic carbocycles. The van der Waals surface area contributed by atoms with Gasteiger partial charge in [0.15, 0.2) is 6.20 Å². The standard InChI is InChI=1S/C33H33FNO/c1-18(2)13-21-7-10-24-26(15-21)20(5)30-32-31-25(11-12-35(32)6)27-17-23(34)9-8-22(27)16-29(31)36-33(30)28(24)14-19(3)4/h7-12,15-19H,13-14H2,1-6H3/q+1. The van der Waals surface area contributed by atoms with Gasteiger partial charge in [-0.05, 0) is 82.5 Å². The molecule has 0 fully saturated rings. The summed E-state index contributed by atoms with van der Waals surface area (Å²) >= 11 is 0. The monoisotopic (exact) mass is 478 g/mol. The van der Waals surface area contributed by atoms with E-state index in [1.54, 1.807) is 6.07 Å². The van der Waals surface area contributed by atoms with Gasteiger partial charge in [0.1, 0.15) is 24.4 Å². The van der Waals surface area contributed by atoms with Crippen LogP contribution in [-0.2, 0) is 19.9 Å². The minimum absolute atomic E-state index is 0.219. The van der Waals surface area contributed by atoms with Crippen molar-refractivity contribution in [3.05, 3.63) is 77.2 Å². The van der Waals surface area contributed by atoms with Crippen molar-refractivity contribution in [1.29, 1.82) is 0 Å². The van der Waals surface area contributed by atoms with Gasteiger partial charge in [0.2, 0.25) is 5.69 Å². The lowest BCUT2D eigenvalue weighted by molar-refractivity contribution is -0.659. The smallest absolute Gasteiger partial charge is 0.228 e. The van der Waals surface area contributed by atoms with Crippen LogP contribution in [0.2, 0.25) is 0 Å². The summed E-state index contributed by atoms with van der Waals surface area (Å²) in [6, 6.07) is 16.2. The van der Waals surface area contributed by atoms with E-state index in [0.29, 0.717) is 11.8 Å². The van der Waals surface area contributed by atoms with Crippen molar-refractivity contribution in [2.75, 3.05) is 0 Å². The summed E-state index contributed by atoms with van der Waals surface area (Å²) in [6.45, 7) is 11.3. The van der Waals surface area contributed by atoms with Crippen LogP contribution in [-0.4, -0.2) is 0 Å². The lowest BCUT2D eigenvalue weighted by atomic mass is 9.85. The highest BCUT2D eigenvalue weighted by Crippen LogP contribution is 2.52. The van der Waals surface area contributed by atoms with Crippen LogP contribution in [0.1, 0.15) is 44.4 Å². The molecule has 36 heavy (non-hydrogen) atoms. The van der Waals surface area contributed by atoms with Crippen molar-refractivity contribution >= 4 is 32.3 Å². The van der Waals surface area contributed by atoms with Crippen LogP contribution in [0.15, 0.2) is 54.7 Å². The van der Waals surface area contributed by atoms with E-state index in [2.05, 4.69) is 82.8 Å². The molecule has 0 amide bonds. The zero-order chi connectivity index (χ0) is 25.3. The number of aryl methyl sites for hydroxylation is 2. The quantitative estimate of drug-likeness (QED) is 0.183. The number of nitrogens with zero attached hydrogens (tertiary/aromatic N) is 1. The minimum atomic E-state index is -0.219. The van der Waals surface area contributed by atoms with E-state index in [1.165, 1.54) is 33.5 Å². The van der Waals surface area contributed by atoms with Gasteiger partial charge in [0.25, 0.3) is 0 Å². The summed E-state index contributed by atoms with van der Waals surface area (Å²) in [6.07, 6.45) is 4.10. The van der Waals surface area contributed by atoms with Crippen LogP contribution in [0, 0.1) is 24.6 Å². The number of aromatic nitrogens is 1. The van der Waals surface area contributed by atoms with Gasteiger partial charge in [-0.1, -0.05) is 52.0 Å². The lowest BCUT2D eigenvalue weighted by Gasteiger charge is -2.26. The number of fused-ring (bicyclic) bond motifs is 5. The first-order valence-corrected chi connectivity index (χ1v) is 13.0. The zero-order valence-electron chi connectivity index (χ0n) is 22.0. The van der Waals surface area contributed by atoms with Crippen LogP contribution >= 0.6 is 0 Å². The highest BCUT2D eigenvalue weighted by molar-refractivity contribution is 6.16. The molecule has 5 aromatic rings. The van der Waals surface area contributed by atoms with Crippen molar-refractivity contribution in [1.82, 2.24) is 0 Å². The molecule has 0 saturated heterocycles. The summed E-state index contributed by atoms with van der Waals surface area (Å²) in [5.41, 5.74) is 6.20.